The van der Waals surface area contributed by atoms with E-state index in [9.17, 15) is 4.79 Å². The molecule has 0 unspecified atom stereocenters. The molecule has 0 aliphatic heterocycles. The van der Waals surface area contributed by atoms with Crippen LogP contribution in [0.2, 0.25) is 0 Å². The molecule has 0 radical (unpaired) electrons. The summed E-state index contributed by atoms with van der Waals surface area (Å²) in [6.45, 7) is 0. The number of fused-ring (bicyclic) bond motifs is 1. The second-order valence-corrected chi connectivity index (χ2v) is 7.61. The number of hydrogen-bond donors (Lipinski definition) is 0. The van der Waals surface area contributed by atoms with Gasteiger partial charge >= 0.3 is 0 Å². The maximum atomic E-state index is 12.4. The van der Waals surface area contributed by atoms with Gasteiger partial charge in [0.2, 0.25) is 11.7 Å². The van der Waals surface area contributed by atoms with E-state index in [1.807, 2.05) is 11.4 Å². The number of benzene rings is 1. The molecule has 4 rings (SSSR count). The Labute approximate surface area is 168 Å². The number of aromatic nitrogens is 4. The van der Waals surface area contributed by atoms with Crippen LogP contribution in [0.4, 0.5) is 0 Å². The monoisotopic (exact) mass is 416 g/mol. The zero-order chi connectivity index (χ0) is 19.7. The first kappa shape index (κ1) is 18.5. The molecular formula is C18H16N4O4S2. The Morgan fingerprint density at radius 2 is 2.00 bits per heavy atom. The van der Waals surface area contributed by atoms with Crippen molar-refractivity contribution in [1.29, 1.82) is 0 Å². The van der Waals surface area contributed by atoms with Crippen molar-refractivity contribution < 1.29 is 14.0 Å². The third kappa shape index (κ3) is 3.36. The number of hydrogen-bond acceptors (Lipinski definition) is 9. The van der Waals surface area contributed by atoms with Crippen molar-refractivity contribution in [3.63, 3.8) is 0 Å². The SMILES string of the molecule is COc1ccc(-c2noc(CSc3nc4sccc4c(=O)n3C)n2)cc1OC. The van der Waals surface area contributed by atoms with Gasteiger partial charge in [0.15, 0.2) is 16.7 Å². The Morgan fingerprint density at radius 1 is 1.18 bits per heavy atom. The molecule has 0 bridgehead atoms. The van der Waals surface area contributed by atoms with E-state index in [0.717, 1.165) is 10.4 Å². The highest BCUT2D eigenvalue weighted by atomic mass is 32.2. The lowest BCUT2D eigenvalue weighted by Gasteiger charge is -2.07. The van der Waals surface area contributed by atoms with Crippen LogP contribution in [-0.4, -0.2) is 33.9 Å². The molecule has 0 saturated carbocycles. The molecule has 10 heteroatoms. The minimum absolute atomic E-state index is 0.0645. The molecule has 0 aliphatic rings. The number of thioether (sulfide) groups is 1. The number of ether oxygens (including phenoxy) is 2. The quantitative estimate of drug-likeness (QED) is 0.349. The van der Waals surface area contributed by atoms with E-state index in [1.54, 1.807) is 39.5 Å². The predicted octanol–water partition coefficient (Wildman–Crippen LogP) is 3.35. The molecule has 0 amide bonds. The van der Waals surface area contributed by atoms with E-state index in [2.05, 4.69) is 15.1 Å². The lowest BCUT2D eigenvalue weighted by Crippen LogP contribution is -2.19. The van der Waals surface area contributed by atoms with Crippen LogP contribution in [0.5, 0.6) is 11.5 Å². The molecule has 8 nitrogen and oxygen atoms in total. The second-order valence-electron chi connectivity index (χ2n) is 5.77. The molecule has 0 aliphatic carbocycles. The Kier molecular flexibility index (Phi) is 5.05. The van der Waals surface area contributed by atoms with Crippen LogP contribution in [-0.2, 0) is 12.8 Å². The van der Waals surface area contributed by atoms with Gasteiger partial charge in [-0.1, -0.05) is 16.9 Å². The predicted molar refractivity (Wildman–Crippen MR) is 107 cm³/mol. The molecule has 0 N–H and O–H groups in total. The van der Waals surface area contributed by atoms with Gasteiger partial charge in [-0.15, -0.1) is 11.3 Å². The van der Waals surface area contributed by atoms with Gasteiger partial charge in [-0.3, -0.25) is 9.36 Å². The first-order valence-electron chi connectivity index (χ1n) is 8.22. The molecular weight excluding hydrogens is 400 g/mol. The van der Waals surface area contributed by atoms with E-state index in [0.29, 0.717) is 39.5 Å². The fourth-order valence-electron chi connectivity index (χ4n) is 2.64. The summed E-state index contributed by atoms with van der Waals surface area (Å²) >= 11 is 2.81. The summed E-state index contributed by atoms with van der Waals surface area (Å²) < 4.78 is 17.4. The Bertz CT molecular complexity index is 1200. The lowest BCUT2D eigenvalue weighted by molar-refractivity contribution is 0.355. The standard InChI is InChI=1S/C18H16N4O4S2/c1-22-17(23)11-6-7-27-16(11)20-18(22)28-9-14-19-15(21-26-14)10-4-5-12(24-2)13(8-10)25-3/h4-8H,9H2,1-3H3. The average molecular weight is 416 g/mol. The van der Waals surface area contributed by atoms with E-state index >= 15 is 0 Å². The van der Waals surface area contributed by atoms with E-state index in [4.69, 9.17) is 14.0 Å². The molecule has 28 heavy (non-hydrogen) atoms. The van der Waals surface area contributed by atoms with Crippen molar-refractivity contribution >= 4 is 33.3 Å². The molecule has 4 aromatic rings. The van der Waals surface area contributed by atoms with Crippen molar-refractivity contribution in [2.45, 2.75) is 10.9 Å². The van der Waals surface area contributed by atoms with Crippen molar-refractivity contribution in [3.8, 4) is 22.9 Å². The maximum Gasteiger partial charge on any atom is 0.262 e. The van der Waals surface area contributed by atoms with Crippen LogP contribution in [0, 0.1) is 0 Å². The fraction of sp³-hybridized carbons (Fsp3) is 0.222. The summed E-state index contributed by atoms with van der Waals surface area (Å²) in [5, 5.41) is 7.12. The number of rotatable bonds is 6. The zero-order valence-corrected chi connectivity index (χ0v) is 17.0. The van der Waals surface area contributed by atoms with E-state index in [1.165, 1.54) is 27.7 Å². The molecule has 144 valence electrons. The van der Waals surface area contributed by atoms with Crippen LogP contribution in [0.15, 0.2) is 44.1 Å². The molecule has 3 aromatic heterocycles. The Hall–Kier alpha value is -2.85. The largest absolute Gasteiger partial charge is 0.493 e. The molecule has 0 fully saturated rings. The minimum atomic E-state index is -0.0645. The molecule has 0 atom stereocenters. The fourth-order valence-corrected chi connectivity index (χ4v) is 4.26. The zero-order valence-electron chi connectivity index (χ0n) is 15.3. The van der Waals surface area contributed by atoms with Crippen LogP contribution in [0.1, 0.15) is 5.89 Å². The molecule has 0 saturated heterocycles. The van der Waals surface area contributed by atoms with E-state index in [-0.39, 0.29) is 5.56 Å². The molecule has 1 aromatic carbocycles. The summed E-state index contributed by atoms with van der Waals surface area (Å²) in [7, 11) is 4.86. The molecule has 0 spiro atoms. The van der Waals surface area contributed by atoms with Crippen molar-refractivity contribution in [2.75, 3.05) is 14.2 Å². The van der Waals surface area contributed by atoms with Crippen molar-refractivity contribution in [3.05, 3.63) is 45.9 Å². The smallest absolute Gasteiger partial charge is 0.262 e. The minimum Gasteiger partial charge on any atom is -0.493 e. The third-order valence-electron chi connectivity index (χ3n) is 4.10. The van der Waals surface area contributed by atoms with Crippen LogP contribution >= 0.6 is 23.1 Å². The van der Waals surface area contributed by atoms with Crippen LogP contribution < -0.4 is 15.0 Å². The Balaban J connectivity index is 1.55. The van der Waals surface area contributed by atoms with Crippen LogP contribution in [0.25, 0.3) is 21.6 Å². The van der Waals surface area contributed by atoms with Gasteiger partial charge in [-0.2, -0.15) is 4.98 Å². The maximum absolute atomic E-state index is 12.4. The summed E-state index contributed by atoms with van der Waals surface area (Å²) in [5.41, 5.74) is 0.688. The van der Waals surface area contributed by atoms with Gasteiger partial charge in [-0.25, -0.2) is 4.98 Å². The number of nitrogens with zero attached hydrogens (tertiary/aromatic N) is 4. The van der Waals surface area contributed by atoms with Crippen molar-refractivity contribution in [2.24, 2.45) is 7.05 Å². The van der Waals surface area contributed by atoms with Gasteiger partial charge in [0.1, 0.15) is 4.83 Å². The van der Waals surface area contributed by atoms with E-state index < -0.39 is 0 Å². The van der Waals surface area contributed by atoms with Gasteiger partial charge in [0.25, 0.3) is 5.56 Å². The van der Waals surface area contributed by atoms with Crippen LogP contribution in [0.3, 0.4) is 0 Å². The number of methoxy groups -OCH3 is 2. The van der Waals surface area contributed by atoms with Gasteiger partial charge in [0, 0.05) is 12.6 Å². The van der Waals surface area contributed by atoms with Gasteiger partial charge in [0.05, 0.1) is 25.4 Å². The third-order valence-corrected chi connectivity index (χ3v) is 5.92. The summed E-state index contributed by atoms with van der Waals surface area (Å²) in [5.74, 6) is 2.50. The van der Waals surface area contributed by atoms with Gasteiger partial charge < -0.3 is 14.0 Å². The Morgan fingerprint density at radius 3 is 2.79 bits per heavy atom. The second kappa shape index (κ2) is 7.64. The lowest BCUT2D eigenvalue weighted by atomic mass is 10.2. The first-order chi connectivity index (χ1) is 13.6. The normalized spacial score (nSPS) is 11.1. The average Bonchev–Trinajstić information content (AvgIpc) is 3.38. The summed E-state index contributed by atoms with van der Waals surface area (Å²) in [6, 6.07) is 7.20. The first-order valence-corrected chi connectivity index (χ1v) is 10.1. The van der Waals surface area contributed by atoms with Gasteiger partial charge in [-0.05, 0) is 29.6 Å². The highest BCUT2D eigenvalue weighted by molar-refractivity contribution is 7.98. The highest BCUT2D eigenvalue weighted by Gasteiger charge is 2.14. The summed E-state index contributed by atoms with van der Waals surface area (Å²) in [6.07, 6.45) is 0. The number of thiophene rings is 1. The molecule has 3 heterocycles. The summed E-state index contributed by atoms with van der Waals surface area (Å²) in [4.78, 5) is 22.1. The topological polar surface area (TPSA) is 92.3 Å². The van der Waals surface area contributed by atoms with Crippen molar-refractivity contribution in [1.82, 2.24) is 19.7 Å². The highest BCUT2D eigenvalue weighted by Crippen LogP contribution is 2.31.